The van der Waals surface area contributed by atoms with E-state index in [-0.39, 0.29) is 12.5 Å². The van der Waals surface area contributed by atoms with Crippen LogP contribution in [0, 0.1) is 0 Å². The molecule has 0 saturated carbocycles. The van der Waals surface area contributed by atoms with Crippen LogP contribution in [0.15, 0.2) is 42.9 Å². The zero-order chi connectivity index (χ0) is 18.3. The summed E-state index contributed by atoms with van der Waals surface area (Å²) in [7, 11) is 1.80. The average Bonchev–Trinajstić information content (AvgIpc) is 3.32. The Morgan fingerprint density at radius 2 is 2.12 bits per heavy atom. The smallest absolute Gasteiger partial charge is 0.256 e. The van der Waals surface area contributed by atoms with Crippen molar-refractivity contribution in [3.63, 3.8) is 0 Å². The fourth-order valence-electron chi connectivity index (χ4n) is 3.52. The van der Waals surface area contributed by atoms with Gasteiger partial charge in [-0.25, -0.2) is 0 Å². The minimum atomic E-state index is -0.723. The maximum absolute atomic E-state index is 13.1. The molecule has 0 spiro atoms. The molecule has 26 heavy (non-hydrogen) atoms. The van der Waals surface area contributed by atoms with Crippen molar-refractivity contribution in [2.24, 2.45) is 7.05 Å². The third-order valence-corrected chi connectivity index (χ3v) is 4.85. The van der Waals surface area contributed by atoms with Gasteiger partial charge in [0, 0.05) is 30.7 Å². The van der Waals surface area contributed by atoms with Gasteiger partial charge in [-0.2, -0.15) is 5.10 Å². The number of nitrogens with zero attached hydrogens (tertiary/aromatic N) is 4. The van der Waals surface area contributed by atoms with E-state index in [1.54, 1.807) is 29.0 Å². The van der Waals surface area contributed by atoms with E-state index in [9.17, 15) is 9.90 Å². The van der Waals surface area contributed by atoms with Crippen LogP contribution in [0.4, 0.5) is 0 Å². The quantitative estimate of drug-likeness (QED) is 0.773. The number of aromatic nitrogens is 3. The first-order valence-electron chi connectivity index (χ1n) is 8.77. The number of ether oxygens (including phenoxy) is 1. The van der Waals surface area contributed by atoms with Gasteiger partial charge < -0.3 is 19.3 Å². The monoisotopic (exact) mass is 354 g/mol. The number of rotatable bonds is 4. The summed E-state index contributed by atoms with van der Waals surface area (Å²) in [5, 5.41) is 15.3. The number of carbonyl (C=O) groups is 1. The van der Waals surface area contributed by atoms with Crippen LogP contribution in [0.25, 0.3) is 10.9 Å². The number of carbonyl (C=O) groups excluding carboxylic acids is 1. The Morgan fingerprint density at radius 3 is 2.85 bits per heavy atom. The van der Waals surface area contributed by atoms with Gasteiger partial charge >= 0.3 is 0 Å². The van der Waals surface area contributed by atoms with Crippen molar-refractivity contribution >= 4 is 16.8 Å². The lowest BCUT2D eigenvalue weighted by molar-refractivity contribution is 0.0729. The zero-order valence-electron chi connectivity index (χ0n) is 14.9. The summed E-state index contributed by atoms with van der Waals surface area (Å²) < 4.78 is 9.51. The normalized spacial score (nSPS) is 20.0. The minimum absolute atomic E-state index is 0.0789. The van der Waals surface area contributed by atoms with Crippen molar-refractivity contribution in [2.75, 3.05) is 13.1 Å². The van der Waals surface area contributed by atoms with Crippen LogP contribution in [0.1, 0.15) is 17.3 Å². The number of amides is 1. The Hall–Kier alpha value is -2.80. The van der Waals surface area contributed by atoms with E-state index in [2.05, 4.69) is 16.6 Å². The van der Waals surface area contributed by atoms with Crippen molar-refractivity contribution in [2.45, 2.75) is 25.7 Å². The Balaban J connectivity index is 1.56. The first-order chi connectivity index (χ1) is 12.6. The highest BCUT2D eigenvalue weighted by Crippen LogP contribution is 2.25. The van der Waals surface area contributed by atoms with Crippen LogP contribution in [-0.2, 0) is 13.6 Å². The molecular formula is C19H22N4O3. The Bertz CT molecular complexity index is 945. The van der Waals surface area contributed by atoms with Crippen molar-refractivity contribution in [3.8, 4) is 5.75 Å². The number of benzene rings is 1. The molecule has 2 atom stereocenters. The molecule has 7 heteroatoms. The second-order valence-electron chi connectivity index (χ2n) is 6.63. The van der Waals surface area contributed by atoms with Crippen LogP contribution >= 0.6 is 0 Å². The molecule has 0 unspecified atom stereocenters. The number of aliphatic hydroxyl groups excluding tert-OH is 1. The van der Waals surface area contributed by atoms with Gasteiger partial charge in [0.15, 0.2) is 5.75 Å². The lowest BCUT2D eigenvalue weighted by Gasteiger charge is -2.16. The lowest BCUT2D eigenvalue weighted by atomic mass is 10.1. The minimum Gasteiger partial charge on any atom is -0.482 e. The molecule has 136 valence electrons. The topological polar surface area (TPSA) is 72.5 Å². The van der Waals surface area contributed by atoms with E-state index in [1.165, 1.54) is 0 Å². The number of β-amino-alcohol motifs (C(OH)–C–C–N with tert-alkyl or cyclic N) is 1. The second-order valence-corrected chi connectivity index (χ2v) is 6.63. The Labute approximate surface area is 151 Å². The van der Waals surface area contributed by atoms with Gasteiger partial charge in [-0.15, -0.1) is 0 Å². The molecule has 1 fully saturated rings. The number of aryl methyl sites for hydroxylation is 2. The van der Waals surface area contributed by atoms with Gasteiger partial charge in [-0.05, 0) is 13.0 Å². The standard InChI is InChI=1S/C19H22N4O3/c1-3-22-10-15(14-6-4-5-7-16(14)22)19(25)23-11-17(24)18(12-23)26-13-8-20-21(2)9-13/h4-10,17-18,24H,3,11-12H2,1-2H3/t17-,18-/m1/s1. The summed E-state index contributed by atoms with van der Waals surface area (Å²) >= 11 is 0. The number of para-hydroxylation sites is 1. The molecule has 1 aliphatic heterocycles. The maximum Gasteiger partial charge on any atom is 0.256 e. The molecule has 1 aromatic carbocycles. The fourth-order valence-corrected chi connectivity index (χ4v) is 3.52. The average molecular weight is 354 g/mol. The lowest BCUT2D eigenvalue weighted by Crippen LogP contribution is -2.31. The predicted molar refractivity (Wildman–Crippen MR) is 97.1 cm³/mol. The van der Waals surface area contributed by atoms with Gasteiger partial charge in [-0.1, -0.05) is 18.2 Å². The predicted octanol–water partition coefficient (Wildman–Crippen LogP) is 1.66. The highest BCUT2D eigenvalue weighted by atomic mass is 16.5. The molecule has 1 amide bonds. The molecule has 0 bridgehead atoms. The summed E-state index contributed by atoms with van der Waals surface area (Å²) in [6.45, 7) is 3.46. The number of likely N-dealkylation sites (tertiary alicyclic amines) is 1. The number of hydrogen-bond acceptors (Lipinski definition) is 4. The molecule has 1 N–H and O–H groups in total. The highest BCUT2D eigenvalue weighted by Gasteiger charge is 2.37. The van der Waals surface area contributed by atoms with Crippen LogP contribution in [0.2, 0.25) is 0 Å². The van der Waals surface area contributed by atoms with E-state index in [4.69, 9.17) is 4.74 Å². The van der Waals surface area contributed by atoms with Crippen LogP contribution in [0.3, 0.4) is 0 Å². The summed E-state index contributed by atoms with van der Waals surface area (Å²) in [5.74, 6) is 0.512. The molecule has 1 aliphatic rings. The SMILES string of the molecule is CCn1cc(C(=O)N2C[C@@H](O)[C@H](Oc3cnn(C)c3)C2)c2ccccc21. The van der Waals surface area contributed by atoms with E-state index < -0.39 is 12.2 Å². The summed E-state index contributed by atoms with van der Waals surface area (Å²) in [6, 6.07) is 7.89. The van der Waals surface area contributed by atoms with E-state index in [0.29, 0.717) is 17.9 Å². The summed E-state index contributed by atoms with van der Waals surface area (Å²) in [6.07, 6.45) is 4.06. The number of hydrogen-bond donors (Lipinski definition) is 1. The molecular weight excluding hydrogens is 332 g/mol. The van der Waals surface area contributed by atoms with Gasteiger partial charge in [0.1, 0.15) is 12.2 Å². The molecule has 2 aromatic heterocycles. The third kappa shape index (κ3) is 2.84. The first-order valence-corrected chi connectivity index (χ1v) is 8.77. The Kier molecular flexibility index (Phi) is 4.16. The molecule has 3 heterocycles. The number of aliphatic hydroxyl groups is 1. The molecule has 4 rings (SSSR count). The molecule has 0 aliphatic carbocycles. The van der Waals surface area contributed by atoms with E-state index >= 15 is 0 Å². The van der Waals surface area contributed by atoms with E-state index in [0.717, 1.165) is 17.4 Å². The molecule has 1 saturated heterocycles. The van der Waals surface area contributed by atoms with Crippen molar-refractivity contribution in [1.29, 1.82) is 0 Å². The summed E-state index contributed by atoms with van der Waals surface area (Å²) in [4.78, 5) is 14.7. The third-order valence-electron chi connectivity index (χ3n) is 4.85. The molecule has 3 aromatic rings. The fraction of sp³-hybridized carbons (Fsp3) is 0.368. The summed E-state index contributed by atoms with van der Waals surface area (Å²) in [5.41, 5.74) is 1.71. The maximum atomic E-state index is 13.1. The largest absolute Gasteiger partial charge is 0.482 e. The van der Waals surface area contributed by atoms with Gasteiger partial charge in [0.2, 0.25) is 0 Å². The van der Waals surface area contributed by atoms with Crippen molar-refractivity contribution in [1.82, 2.24) is 19.2 Å². The van der Waals surface area contributed by atoms with Gasteiger partial charge in [0.25, 0.3) is 5.91 Å². The molecule has 7 nitrogen and oxygen atoms in total. The first kappa shape index (κ1) is 16.7. The molecule has 0 radical (unpaired) electrons. The van der Waals surface area contributed by atoms with Crippen molar-refractivity contribution in [3.05, 3.63) is 48.4 Å². The van der Waals surface area contributed by atoms with Crippen LogP contribution < -0.4 is 4.74 Å². The Morgan fingerprint density at radius 1 is 1.31 bits per heavy atom. The van der Waals surface area contributed by atoms with Gasteiger partial charge in [0.05, 0.1) is 31.0 Å². The highest BCUT2D eigenvalue weighted by molar-refractivity contribution is 6.07. The van der Waals surface area contributed by atoms with Crippen LogP contribution in [-0.4, -0.2) is 55.6 Å². The number of fused-ring (bicyclic) bond motifs is 1. The van der Waals surface area contributed by atoms with Crippen LogP contribution in [0.5, 0.6) is 5.75 Å². The van der Waals surface area contributed by atoms with Gasteiger partial charge in [-0.3, -0.25) is 9.48 Å². The zero-order valence-corrected chi connectivity index (χ0v) is 14.9. The second kappa shape index (κ2) is 6.49. The van der Waals surface area contributed by atoms with E-state index in [1.807, 2.05) is 30.5 Å². The van der Waals surface area contributed by atoms with Crippen molar-refractivity contribution < 1.29 is 14.6 Å².